The molecule has 0 aliphatic carbocycles. The molecule has 0 radical (unpaired) electrons. The second-order valence-corrected chi connectivity index (χ2v) is 4.96. The van der Waals surface area contributed by atoms with Crippen LogP contribution in [0.3, 0.4) is 0 Å². The van der Waals surface area contributed by atoms with Gasteiger partial charge >= 0.3 is 0 Å². The Morgan fingerprint density at radius 1 is 1.40 bits per heavy atom. The summed E-state index contributed by atoms with van der Waals surface area (Å²) < 4.78 is 5.56. The number of morpholine rings is 1. The number of amides is 1. The average molecular weight is 279 g/mol. The van der Waals surface area contributed by atoms with Gasteiger partial charge in [0.15, 0.2) is 0 Å². The normalized spacial score (nSPS) is 22.6. The molecule has 20 heavy (non-hydrogen) atoms. The molecular formula is C13H17N3O4. The predicted molar refractivity (Wildman–Crippen MR) is 73.4 cm³/mol. The van der Waals surface area contributed by atoms with Crippen molar-refractivity contribution in [3.05, 3.63) is 33.9 Å². The summed E-state index contributed by atoms with van der Waals surface area (Å²) in [6.07, 6.45) is -0.134. The monoisotopic (exact) mass is 279 g/mol. The van der Waals surface area contributed by atoms with Crippen LogP contribution in [0.4, 0.5) is 11.4 Å². The Hall–Kier alpha value is -2.15. The highest BCUT2D eigenvalue weighted by atomic mass is 16.6. The second kappa shape index (κ2) is 5.46. The molecule has 108 valence electrons. The largest absolute Gasteiger partial charge is 0.393 e. The number of rotatable bonds is 2. The van der Waals surface area contributed by atoms with E-state index in [2.05, 4.69) is 0 Å². The summed E-state index contributed by atoms with van der Waals surface area (Å²) in [6, 6.07) is 4.27. The van der Waals surface area contributed by atoms with Crippen molar-refractivity contribution < 1.29 is 14.5 Å². The number of carbonyl (C=O) groups is 1. The topological polar surface area (TPSA) is 98.7 Å². The lowest BCUT2D eigenvalue weighted by Gasteiger charge is -2.35. The molecule has 7 heteroatoms. The van der Waals surface area contributed by atoms with Crippen molar-refractivity contribution in [2.75, 3.05) is 18.8 Å². The minimum absolute atomic E-state index is 0.0670. The zero-order valence-electron chi connectivity index (χ0n) is 11.4. The van der Waals surface area contributed by atoms with Gasteiger partial charge in [0.1, 0.15) is 5.69 Å². The van der Waals surface area contributed by atoms with Gasteiger partial charge in [0.25, 0.3) is 11.6 Å². The zero-order chi connectivity index (χ0) is 14.9. The lowest BCUT2D eigenvalue weighted by atomic mass is 10.1. The van der Waals surface area contributed by atoms with Gasteiger partial charge in [-0.1, -0.05) is 6.07 Å². The molecule has 0 saturated carbocycles. The van der Waals surface area contributed by atoms with Crippen molar-refractivity contribution in [3.63, 3.8) is 0 Å². The molecule has 1 amide bonds. The van der Waals surface area contributed by atoms with Crippen molar-refractivity contribution in [3.8, 4) is 0 Å². The van der Waals surface area contributed by atoms with E-state index in [1.54, 1.807) is 4.90 Å². The predicted octanol–water partition coefficient (Wildman–Crippen LogP) is 1.43. The average Bonchev–Trinajstić information content (AvgIpc) is 2.36. The van der Waals surface area contributed by atoms with Crippen molar-refractivity contribution in [1.29, 1.82) is 0 Å². The summed E-state index contributed by atoms with van der Waals surface area (Å²) >= 11 is 0. The third-order valence-electron chi connectivity index (χ3n) is 3.22. The number of carbonyl (C=O) groups excluding carboxylic acids is 1. The number of nitrogens with zero attached hydrogens (tertiary/aromatic N) is 2. The van der Waals surface area contributed by atoms with Crippen LogP contribution in [0.15, 0.2) is 18.2 Å². The van der Waals surface area contributed by atoms with E-state index in [1.165, 1.54) is 18.2 Å². The number of nitro groups is 1. The van der Waals surface area contributed by atoms with Gasteiger partial charge in [-0.25, -0.2) is 0 Å². The summed E-state index contributed by atoms with van der Waals surface area (Å²) in [6.45, 7) is 4.66. The SMILES string of the molecule is C[C@@H]1CN(C(=O)c2cccc([N+](=O)[O-])c2N)C[C@H](C)O1. The van der Waals surface area contributed by atoms with Gasteiger partial charge in [0.05, 0.1) is 22.7 Å². The maximum atomic E-state index is 12.5. The van der Waals surface area contributed by atoms with Gasteiger partial charge in [-0.3, -0.25) is 14.9 Å². The van der Waals surface area contributed by atoms with Gasteiger partial charge in [-0.15, -0.1) is 0 Å². The minimum Gasteiger partial charge on any atom is -0.393 e. The molecule has 1 aliphatic rings. The van der Waals surface area contributed by atoms with Crippen LogP contribution in [0.5, 0.6) is 0 Å². The molecule has 0 aromatic heterocycles. The summed E-state index contributed by atoms with van der Waals surface area (Å²) in [5.41, 5.74) is 5.57. The smallest absolute Gasteiger partial charge is 0.292 e. The van der Waals surface area contributed by atoms with Crippen LogP contribution in [0.25, 0.3) is 0 Å². The molecule has 7 nitrogen and oxygen atoms in total. The van der Waals surface area contributed by atoms with E-state index in [9.17, 15) is 14.9 Å². The van der Waals surface area contributed by atoms with Gasteiger partial charge in [0, 0.05) is 19.2 Å². The molecule has 0 spiro atoms. The van der Waals surface area contributed by atoms with E-state index in [4.69, 9.17) is 10.5 Å². The van der Waals surface area contributed by atoms with Gasteiger partial charge in [0.2, 0.25) is 0 Å². The fourth-order valence-corrected chi connectivity index (χ4v) is 2.41. The molecule has 2 rings (SSSR count). The number of nitrogens with two attached hydrogens (primary N) is 1. The molecule has 1 aliphatic heterocycles. The molecule has 1 saturated heterocycles. The first-order valence-corrected chi connectivity index (χ1v) is 6.37. The van der Waals surface area contributed by atoms with E-state index >= 15 is 0 Å². The number of hydrogen-bond acceptors (Lipinski definition) is 5. The highest BCUT2D eigenvalue weighted by molar-refractivity contribution is 6.01. The zero-order valence-corrected chi connectivity index (χ0v) is 11.4. The molecule has 2 atom stereocenters. The van der Waals surface area contributed by atoms with E-state index in [0.29, 0.717) is 13.1 Å². The second-order valence-electron chi connectivity index (χ2n) is 4.96. The first-order valence-electron chi connectivity index (χ1n) is 6.37. The van der Waals surface area contributed by atoms with Crippen LogP contribution in [0.2, 0.25) is 0 Å². The first kappa shape index (κ1) is 14.3. The number of ether oxygens (including phenoxy) is 1. The van der Waals surface area contributed by atoms with E-state index in [-0.39, 0.29) is 35.1 Å². The Balaban J connectivity index is 2.29. The number of anilines is 1. The van der Waals surface area contributed by atoms with Gasteiger partial charge in [-0.2, -0.15) is 0 Å². The number of nitrogen functional groups attached to an aromatic ring is 1. The maximum Gasteiger partial charge on any atom is 0.292 e. The van der Waals surface area contributed by atoms with Crippen LogP contribution >= 0.6 is 0 Å². The third kappa shape index (κ3) is 2.72. The number of para-hydroxylation sites is 1. The van der Waals surface area contributed by atoms with E-state index < -0.39 is 4.92 Å². The molecular weight excluding hydrogens is 262 g/mol. The lowest BCUT2D eigenvalue weighted by molar-refractivity contribution is -0.383. The van der Waals surface area contributed by atoms with E-state index in [1.807, 2.05) is 13.8 Å². The van der Waals surface area contributed by atoms with Crippen LogP contribution in [0, 0.1) is 10.1 Å². The van der Waals surface area contributed by atoms with Crippen molar-refractivity contribution >= 4 is 17.3 Å². The Kier molecular flexibility index (Phi) is 3.89. The standard InChI is InChI=1S/C13H17N3O4/c1-8-6-15(7-9(2)20-8)13(17)10-4-3-5-11(12(10)14)16(18)19/h3-5,8-9H,6-7,14H2,1-2H3/t8-,9+. The highest BCUT2D eigenvalue weighted by Crippen LogP contribution is 2.26. The van der Waals surface area contributed by atoms with Crippen LogP contribution < -0.4 is 5.73 Å². The van der Waals surface area contributed by atoms with Gasteiger partial charge in [-0.05, 0) is 19.9 Å². The van der Waals surface area contributed by atoms with Crippen LogP contribution in [-0.2, 0) is 4.74 Å². The molecule has 2 N–H and O–H groups in total. The van der Waals surface area contributed by atoms with Crippen LogP contribution in [0.1, 0.15) is 24.2 Å². The fourth-order valence-electron chi connectivity index (χ4n) is 2.41. The Morgan fingerprint density at radius 3 is 2.55 bits per heavy atom. The Labute approximate surface area is 116 Å². The summed E-state index contributed by atoms with van der Waals surface area (Å²) in [7, 11) is 0. The minimum atomic E-state index is -0.587. The number of hydrogen-bond donors (Lipinski definition) is 1. The molecule has 1 aromatic carbocycles. The molecule has 0 bridgehead atoms. The molecule has 0 unspecified atom stereocenters. The Morgan fingerprint density at radius 2 is 2.00 bits per heavy atom. The van der Waals surface area contributed by atoms with Gasteiger partial charge < -0.3 is 15.4 Å². The maximum absolute atomic E-state index is 12.5. The molecule has 1 heterocycles. The number of benzene rings is 1. The fraction of sp³-hybridized carbons (Fsp3) is 0.462. The van der Waals surface area contributed by atoms with Crippen molar-refractivity contribution in [1.82, 2.24) is 4.90 Å². The Bertz CT molecular complexity index is 536. The van der Waals surface area contributed by atoms with Crippen LogP contribution in [-0.4, -0.2) is 41.0 Å². The summed E-state index contributed by atoms with van der Waals surface area (Å²) in [5, 5.41) is 10.9. The first-order chi connectivity index (χ1) is 9.40. The summed E-state index contributed by atoms with van der Waals surface area (Å²) in [4.78, 5) is 24.3. The molecule has 1 fully saturated rings. The lowest BCUT2D eigenvalue weighted by Crippen LogP contribution is -2.48. The third-order valence-corrected chi connectivity index (χ3v) is 3.22. The number of nitro benzene ring substituents is 1. The molecule has 1 aromatic rings. The quantitative estimate of drug-likeness (QED) is 0.501. The van der Waals surface area contributed by atoms with Crippen molar-refractivity contribution in [2.24, 2.45) is 0 Å². The highest BCUT2D eigenvalue weighted by Gasteiger charge is 2.29. The summed E-state index contributed by atoms with van der Waals surface area (Å²) in [5.74, 6) is -0.298. The van der Waals surface area contributed by atoms with Crippen molar-refractivity contribution in [2.45, 2.75) is 26.1 Å². The van der Waals surface area contributed by atoms with E-state index in [0.717, 1.165) is 0 Å².